The van der Waals surface area contributed by atoms with E-state index in [0.29, 0.717) is 6.04 Å². The zero-order valence-corrected chi connectivity index (χ0v) is 21.9. The second-order valence-corrected chi connectivity index (χ2v) is 11.0. The lowest BCUT2D eigenvalue weighted by Gasteiger charge is -2.50. The summed E-state index contributed by atoms with van der Waals surface area (Å²) >= 11 is 7.00. The van der Waals surface area contributed by atoms with E-state index in [9.17, 15) is 0 Å². The van der Waals surface area contributed by atoms with E-state index in [0.717, 1.165) is 85.7 Å². The summed E-state index contributed by atoms with van der Waals surface area (Å²) in [6.07, 6.45) is 12.0. The molecule has 0 atom stereocenters. The van der Waals surface area contributed by atoms with Crippen molar-refractivity contribution in [2.24, 2.45) is 0 Å². The standard InChI is InChI=1S/C27H37ClN6O/c1-19(2)15-23(32-11-13-34(14-12-32)27(4)17-35-18-27)24(28)20(3)5-6-22-16-33-10-9-29-26(33)25(31-22)30-21-7-8-21/h9-10,15-16,21H,3,5-8,11-14,17-18H2,1-2,4H3,(H,30,31)/b24-23-. The third kappa shape index (κ3) is 5.42. The lowest BCUT2D eigenvalue weighted by molar-refractivity contribution is -0.138. The molecule has 0 amide bonds. The molecule has 5 rings (SSSR count). The molecule has 3 fully saturated rings. The molecule has 8 heteroatoms. The normalized spacial score (nSPS) is 20.9. The quantitative estimate of drug-likeness (QED) is 0.511. The number of hydrogen-bond donors (Lipinski definition) is 1. The van der Waals surface area contributed by atoms with Crippen LogP contribution < -0.4 is 5.32 Å². The van der Waals surface area contributed by atoms with Crippen molar-refractivity contribution >= 4 is 23.1 Å². The molecule has 1 N–H and O–H groups in total. The highest BCUT2D eigenvalue weighted by Crippen LogP contribution is 2.31. The minimum absolute atomic E-state index is 0.191. The van der Waals surface area contributed by atoms with Gasteiger partial charge in [-0.1, -0.05) is 23.8 Å². The minimum atomic E-state index is 0.191. The third-order valence-electron chi connectivity index (χ3n) is 7.20. The van der Waals surface area contributed by atoms with E-state index in [-0.39, 0.29) is 5.54 Å². The van der Waals surface area contributed by atoms with Crippen molar-refractivity contribution in [2.75, 3.05) is 44.7 Å². The molecule has 2 aromatic heterocycles. The number of nitrogens with one attached hydrogen (secondary N) is 1. The Bertz CT molecular complexity index is 1150. The third-order valence-corrected chi connectivity index (χ3v) is 7.66. The topological polar surface area (TPSA) is 57.9 Å². The van der Waals surface area contributed by atoms with Crippen LogP contribution in [0.15, 0.2) is 53.1 Å². The Balaban J connectivity index is 1.28. The summed E-state index contributed by atoms with van der Waals surface area (Å²) in [5.74, 6) is 0.871. The van der Waals surface area contributed by atoms with Crippen molar-refractivity contribution in [1.29, 1.82) is 0 Å². The predicted octanol–water partition coefficient (Wildman–Crippen LogP) is 4.62. The van der Waals surface area contributed by atoms with Gasteiger partial charge in [-0.3, -0.25) is 4.90 Å². The zero-order valence-electron chi connectivity index (χ0n) is 21.2. The number of piperazine rings is 1. The van der Waals surface area contributed by atoms with Gasteiger partial charge in [0.1, 0.15) is 0 Å². The molecule has 4 heterocycles. The van der Waals surface area contributed by atoms with E-state index in [4.69, 9.17) is 21.3 Å². The number of halogens is 1. The van der Waals surface area contributed by atoms with Crippen LogP contribution in [0.4, 0.5) is 5.82 Å². The molecule has 1 saturated carbocycles. The average molecular weight is 497 g/mol. The van der Waals surface area contributed by atoms with Gasteiger partial charge in [0.2, 0.25) is 0 Å². The van der Waals surface area contributed by atoms with Crippen molar-refractivity contribution < 1.29 is 4.74 Å². The van der Waals surface area contributed by atoms with Crippen LogP contribution in [-0.2, 0) is 11.2 Å². The van der Waals surface area contributed by atoms with E-state index in [1.807, 2.05) is 12.4 Å². The molecule has 0 spiro atoms. The van der Waals surface area contributed by atoms with Crippen molar-refractivity contribution in [1.82, 2.24) is 24.2 Å². The Morgan fingerprint density at radius 2 is 2.00 bits per heavy atom. The SMILES string of the molecule is C=C(CCc1cn2ccnc2c(NC2CC2)n1)/C(Cl)=C(\C=C(C)C)N1CCN(C2(C)COC2)CC1. The van der Waals surface area contributed by atoms with Gasteiger partial charge in [0.05, 0.1) is 35.2 Å². The van der Waals surface area contributed by atoms with Crippen molar-refractivity contribution in [3.05, 3.63) is 58.8 Å². The molecule has 1 aliphatic carbocycles. The Morgan fingerprint density at radius 3 is 2.63 bits per heavy atom. The number of rotatable bonds is 9. The number of fused-ring (bicyclic) bond motifs is 1. The number of hydrogen-bond acceptors (Lipinski definition) is 6. The van der Waals surface area contributed by atoms with Crippen LogP contribution in [-0.4, -0.2) is 75.1 Å². The number of imidazole rings is 1. The molecule has 35 heavy (non-hydrogen) atoms. The number of aromatic nitrogens is 3. The fourth-order valence-corrected chi connectivity index (χ4v) is 5.09. The molecule has 0 bridgehead atoms. The molecule has 0 aromatic carbocycles. The maximum Gasteiger partial charge on any atom is 0.180 e. The molecule has 2 saturated heterocycles. The highest BCUT2D eigenvalue weighted by atomic mass is 35.5. The van der Waals surface area contributed by atoms with E-state index in [1.54, 1.807) is 0 Å². The van der Waals surface area contributed by atoms with Crippen LogP contribution in [0.5, 0.6) is 0 Å². The van der Waals surface area contributed by atoms with Gasteiger partial charge in [0, 0.05) is 50.8 Å². The highest BCUT2D eigenvalue weighted by molar-refractivity contribution is 6.32. The second kappa shape index (κ2) is 9.96. The summed E-state index contributed by atoms with van der Waals surface area (Å²) in [6.45, 7) is 16.5. The Morgan fingerprint density at radius 1 is 1.26 bits per heavy atom. The smallest absolute Gasteiger partial charge is 0.180 e. The van der Waals surface area contributed by atoms with E-state index < -0.39 is 0 Å². The average Bonchev–Trinajstić information content (AvgIpc) is 3.51. The van der Waals surface area contributed by atoms with Gasteiger partial charge in [0.25, 0.3) is 0 Å². The molecule has 188 valence electrons. The summed E-state index contributed by atoms with van der Waals surface area (Å²) in [5, 5.41) is 4.28. The minimum Gasteiger partial charge on any atom is -0.377 e. The highest BCUT2D eigenvalue weighted by Gasteiger charge is 2.40. The van der Waals surface area contributed by atoms with Crippen LogP contribution in [0.25, 0.3) is 5.65 Å². The molecular formula is C27H37ClN6O. The number of allylic oxidation sites excluding steroid dienone is 4. The predicted molar refractivity (Wildman–Crippen MR) is 142 cm³/mol. The number of anilines is 1. The maximum absolute atomic E-state index is 7.00. The van der Waals surface area contributed by atoms with Gasteiger partial charge in [0.15, 0.2) is 11.5 Å². The molecule has 0 unspecified atom stereocenters. The van der Waals surface area contributed by atoms with Gasteiger partial charge in [-0.05, 0) is 58.1 Å². The van der Waals surface area contributed by atoms with Gasteiger partial charge in [-0.25, -0.2) is 9.97 Å². The number of ether oxygens (including phenoxy) is 1. The first kappa shape index (κ1) is 24.3. The maximum atomic E-state index is 7.00. The van der Waals surface area contributed by atoms with E-state index in [2.05, 4.69) is 64.1 Å². The fourth-order valence-electron chi connectivity index (χ4n) is 4.83. The first-order valence-electron chi connectivity index (χ1n) is 12.7. The number of aryl methyl sites for hydroxylation is 1. The Hall–Kier alpha value is -2.35. The van der Waals surface area contributed by atoms with Crippen molar-refractivity contribution in [3.8, 4) is 0 Å². The monoisotopic (exact) mass is 496 g/mol. The molecular weight excluding hydrogens is 460 g/mol. The summed E-state index contributed by atoms with van der Waals surface area (Å²) in [6, 6.07) is 0.525. The number of nitrogens with zero attached hydrogens (tertiary/aromatic N) is 5. The van der Waals surface area contributed by atoms with Crippen LogP contribution in [0.1, 0.15) is 45.7 Å². The van der Waals surface area contributed by atoms with Crippen LogP contribution in [0, 0.1) is 0 Å². The molecule has 2 aromatic rings. The van der Waals surface area contributed by atoms with Gasteiger partial charge in [-0.2, -0.15) is 0 Å². The van der Waals surface area contributed by atoms with Crippen molar-refractivity contribution in [2.45, 2.75) is 58.0 Å². The van der Waals surface area contributed by atoms with Crippen molar-refractivity contribution in [3.63, 3.8) is 0 Å². The first-order valence-corrected chi connectivity index (χ1v) is 13.1. The molecule has 2 aliphatic heterocycles. The lowest BCUT2D eigenvalue weighted by Crippen LogP contribution is -2.64. The lowest BCUT2D eigenvalue weighted by atomic mass is 9.96. The Labute approximate surface area is 213 Å². The second-order valence-electron chi connectivity index (χ2n) is 10.6. The Kier molecular flexibility index (Phi) is 6.93. The fraction of sp³-hybridized carbons (Fsp3) is 0.556. The van der Waals surface area contributed by atoms with Gasteiger partial charge < -0.3 is 19.4 Å². The molecule has 0 radical (unpaired) electrons. The van der Waals surface area contributed by atoms with Crippen LogP contribution >= 0.6 is 11.6 Å². The van der Waals surface area contributed by atoms with Crippen LogP contribution in [0.2, 0.25) is 0 Å². The van der Waals surface area contributed by atoms with E-state index >= 15 is 0 Å². The first-order chi connectivity index (χ1) is 16.8. The summed E-state index contributed by atoms with van der Waals surface area (Å²) in [5.41, 5.74) is 5.35. The molecule has 3 aliphatic rings. The van der Waals surface area contributed by atoms with Gasteiger partial charge >= 0.3 is 0 Å². The van der Waals surface area contributed by atoms with Crippen LogP contribution in [0.3, 0.4) is 0 Å². The zero-order chi connectivity index (χ0) is 24.6. The largest absolute Gasteiger partial charge is 0.377 e. The van der Waals surface area contributed by atoms with Gasteiger partial charge in [-0.15, -0.1) is 0 Å². The summed E-state index contributed by atoms with van der Waals surface area (Å²) < 4.78 is 7.53. The summed E-state index contributed by atoms with van der Waals surface area (Å²) in [4.78, 5) is 14.3. The summed E-state index contributed by atoms with van der Waals surface area (Å²) in [7, 11) is 0. The molecule has 7 nitrogen and oxygen atoms in total. The van der Waals surface area contributed by atoms with E-state index in [1.165, 1.54) is 18.4 Å².